The molecule has 0 aliphatic heterocycles. The van der Waals surface area contributed by atoms with Crippen LogP contribution in [0.25, 0.3) is 16.9 Å². The molecule has 2 heterocycles. The zero-order chi connectivity index (χ0) is 22.0. The third-order valence-electron chi connectivity index (χ3n) is 4.37. The van der Waals surface area contributed by atoms with Crippen molar-refractivity contribution in [1.29, 1.82) is 0 Å². The lowest BCUT2D eigenvalue weighted by molar-refractivity contribution is -0.274. The second kappa shape index (κ2) is 7.98. The van der Waals surface area contributed by atoms with E-state index in [0.29, 0.717) is 34.1 Å². The topological polar surface area (TPSA) is 80.5 Å². The molecule has 158 valence electrons. The number of fused-ring (bicyclic) bond motifs is 1. The first-order valence-corrected chi connectivity index (χ1v) is 9.13. The Hall–Kier alpha value is -4.08. The van der Waals surface area contributed by atoms with Crippen LogP contribution in [0.15, 0.2) is 66.7 Å². The first-order chi connectivity index (χ1) is 14.8. The Balaban J connectivity index is 1.59. The first kappa shape index (κ1) is 20.2. The van der Waals surface area contributed by atoms with Crippen molar-refractivity contribution < 1.29 is 22.7 Å². The van der Waals surface area contributed by atoms with Crippen molar-refractivity contribution in [2.24, 2.45) is 0 Å². The van der Waals surface area contributed by atoms with Crippen LogP contribution >= 0.6 is 0 Å². The zero-order valence-electron chi connectivity index (χ0n) is 16.1. The van der Waals surface area contributed by atoms with Crippen molar-refractivity contribution in [2.45, 2.75) is 6.36 Å². The molecule has 0 atom stereocenters. The molecule has 0 fully saturated rings. The SMILES string of the molecule is CNC(=O)c1ccc(Nc2nc3cccc(-c4ccc(OC(F)(F)F)cc4)n3n2)cc1. The van der Waals surface area contributed by atoms with Crippen molar-refractivity contribution in [1.82, 2.24) is 19.9 Å². The summed E-state index contributed by atoms with van der Waals surface area (Å²) in [7, 11) is 1.56. The van der Waals surface area contributed by atoms with Crippen LogP contribution in [0, 0.1) is 0 Å². The lowest BCUT2D eigenvalue weighted by Gasteiger charge is -2.09. The van der Waals surface area contributed by atoms with Gasteiger partial charge in [0.15, 0.2) is 5.65 Å². The first-order valence-electron chi connectivity index (χ1n) is 9.13. The third kappa shape index (κ3) is 4.58. The van der Waals surface area contributed by atoms with Gasteiger partial charge in [0, 0.05) is 23.9 Å². The highest BCUT2D eigenvalue weighted by molar-refractivity contribution is 5.94. The highest BCUT2D eigenvalue weighted by atomic mass is 19.4. The van der Waals surface area contributed by atoms with Crippen molar-refractivity contribution >= 4 is 23.2 Å². The fourth-order valence-electron chi connectivity index (χ4n) is 2.98. The number of carbonyl (C=O) groups excluding carboxylic acids is 1. The minimum absolute atomic E-state index is 0.186. The quantitative estimate of drug-likeness (QED) is 0.494. The zero-order valence-corrected chi connectivity index (χ0v) is 16.1. The van der Waals surface area contributed by atoms with Gasteiger partial charge in [0.25, 0.3) is 5.91 Å². The Kier molecular flexibility index (Phi) is 5.20. The number of ether oxygens (including phenoxy) is 1. The van der Waals surface area contributed by atoms with Crippen LogP contribution in [0.5, 0.6) is 5.75 Å². The number of nitrogens with zero attached hydrogens (tertiary/aromatic N) is 3. The number of anilines is 2. The van der Waals surface area contributed by atoms with Gasteiger partial charge in [-0.2, -0.15) is 4.98 Å². The van der Waals surface area contributed by atoms with E-state index in [-0.39, 0.29) is 11.7 Å². The molecular formula is C21H16F3N5O2. The summed E-state index contributed by atoms with van der Waals surface area (Å²) < 4.78 is 42.6. The molecule has 2 aromatic carbocycles. The van der Waals surface area contributed by atoms with Crippen molar-refractivity contribution in [2.75, 3.05) is 12.4 Å². The third-order valence-corrected chi connectivity index (χ3v) is 4.37. The van der Waals surface area contributed by atoms with Gasteiger partial charge in [-0.05, 0) is 60.7 Å². The molecule has 0 bridgehead atoms. The van der Waals surface area contributed by atoms with Crippen LogP contribution in [0.4, 0.5) is 24.8 Å². The van der Waals surface area contributed by atoms with Gasteiger partial charge in [0.2, 0.25) is 5.95 Å². The van der Waals surface area contributed by atoms with Gasteiger partial charge in [-0.3, -0.25) is 4.79 Å². The van der Waals surface area contributed by atoms with E-state index in [9.17, 15) is 18.0 Å². The molecule has 2 aromatic heterocycles. The lowest BCUT2D eigenvalue weighted by atomic mass is 10.1. The van der Waals surface area contributed by atoms with Crippen molar-refractivity contribution in [3.8, 4) is 17.0 Å². The highest BCUT2D eigenvalue weighted by Gasteiger charge is 2.31. The summed E-state index contributed by atoms with van der Waals surface area (Å²) in [5, 5.41) is 10.1. The fraction of sp³-hybridized carbons (Fsp3) is 0.0952. The normalized spacial score (nSPS) is 11.4. The molecule has 0 saturated heterocycles. The van der Waals surface area contributed by atoms with Crippen LogP contribution in [-0.4, -0.2) is 33.9 Å². The number of nitrogens with one attached hydrogen (secondary N) is 2. The summed E-state index contributed by atoms with van der Waals surface area (Å²) in [4.78, 5) is 16.1. The molecule has 7 nitrogen and oxygen atoms in total. The number of hydrogen-bond donors (Lipinski definition) is 2. The summed E-state index contributed by atoms with van der Waals surface area (Å²) in [5.74, 6) is -0.157. The van der Waals surface area contributed by atoms with E-state index in [0.717, 1.165) is 0 Å². The van der Waals surface area contributed by atoms with Gasteiger partial charge >= 0.3 is 6.36 Å². The predicted molar refractivity (Wildman–Crippen MR) is 108 cm³/mol. The number of rotatable bonds is 5. The summed E-state index contributed by atoms with van der Waals surface area (Å²) in [6.45, 7) is 0. The minimum atomic E-state index is -4.74. The Bertz CT molecular complexity index is 1220. The van der Waals surface area contributed by atoms with Gasteiger partial charge < -0.3 is 15.4 Å². The summed E-state index contributed by atoms with van der Waals surface area (Å²) in [6.07, 6.45) is -4.74. The van der Waals surface area contributed by atoms with Crippen LogP contribution in [0.3, 0.4) is 0 Å². The van der Waals surface area contributed by atoms with E-state index in [4.69, 9.17) is 0 Å². The van der Waals surface area contributed by atoms with E-state index in [1.54, 1.807) is 54.0 Å². The lowest BCUT2D eigenvalue weighted by Crippen LogP contribution is -2.17. The van der Waals surface area contributed by atoms with E-state index in [1.807, 2.05) is 0 Å². The average Bonchev–Trinajstić information content (AvgIpc) is 3.15. The molecule has 0 aliphatic carbocycles. The summed E-state index contributed by atoms with van der Waals surface area (Å²) in [6, 6.07) is 17.6. The van der Waals surface area contributed by atoms with Gasteiger partial charge in [-0.15, -0.1) is 18.3 Å². The number of hydrogen-bond acceptors (Lipinski definition) is 5. The number of pyridine rings is 1. The van der Waals surface area contributed by atoms with Gasteiger partial charge in [0.1, 0.15) is 5.75 Å². The molecule has 0 spiro atoms. The average molecular weight is 427 g/mol. The highest BCUT2D eigenvalue weighted by Crippen LogP contribution is 2.27. The maximum atomic E-state index is 12.4. The Morgan fingerprint density at radius 3 is 2.35 bits per heavy atom. The maximum Gasteiger partial charge on any atom is 0.573 e. The van der Waals surface area contributed by atoms with Gasteiger partial charge in [-0.1, -0.05) is 6.07 Å². The maximum absolute atomic E-state index is 12.4. The van der Waals surface area contributed by atoms with E-state index in [1.165, 1.54) is 24.3 Å². The Labute approximate surface area is 174 Å². The number of benzene rings is 2. The number of amides is 1. The second-order valence-electron chi connectivity index (χ2n) is 6.47. The van der Waals surface area contributed by atoms with Crippen LogP contribution < -0.4 is 15.4 Å². The van der Waals surface area contributed by atoms with Crippen molar-refractivity contribution in [3.63, 3.8) is 0 Å². The van der Waals surface area contributed by atoms with Gasteiger partial charge in [-0.25, -0.2) is 4.52 Å². The molecule has 10 heteroatoms. The Morgan fingerprint density at radius 2 is 1.71 bits per heavy atom. The molecule has 0 unspecified atom stereocenters. The smallest absolute Gasteiger partial charge is 0.406 e. The largest absolute Gasteiger partial charge is 0.573 e. The summed E-state index contributed by atoms with van der Waals surface area (Å²) in [5.41, 5.74) is 3.06. The molecule has 4 rings (SSSR count). The molecule has 2 N–H and O–H groups in total. The van der Waals surface area contributed by atoms with Crippen LogP contribution in [0.1, 0.15) is 10.4 Å². The van der Waals surface area contributed by atoms with Crippen LogP contribution in [-0.2, 0) is 0 Å². The molecular weight excluding hydrogens is 411 g/mol. The predicted octanol–water partition coefficient (Wildman–Crippen LogP) is 4.40. The van der Waals surface area contributed by atoms with Gasteiger partial charge in [0.05, 0.1) is 5.69 Å². The number of alkyl halides is 3. The van der Waals surface area contributed by atoms with E-state index in [2.05, 4.69) is 25.5 Å². The molecule has 1 amide bonds. The fourth-order valence-corrected chi connectivity index (χ4v) is 2.98. The second-order valence-corrected chi connectivity index (χ2v) is 6.47. The number of halogens is 3. The number of carbonyl (C=O) groups is 1. The summed E-state index contributed by atoms with van der Waals surface area (Å²) >= 11 is 0. The molecule has 4 aromatic rings. The number of aromatic nitrogens is 3. The molecule has 0 aliphatic rings. The van der Waals surface area contributed by atoms with Crippen LogP contribution in [0.2, 0.25) is 0 Å². The van der Waals surface area contributed by atoms with E-state index >= 15 is 0 Å². The standard InChI is InChI=1S/C21H16F3N5O2/c1-25-19(30)14-5-9-15(10-6-14)26-20-27-18-4-2-3-17(29(18)28-20)13-7-11-16(12-8-13)31-21(22,23)24/h2-12H,1H3,(H,25,30)(H,26,28). The Morgan fingerprint density at radius 1 is 1.00 bits per heavy atom. The monoisotopic (exact) mass is 427 g/mol. The molecule has 0 radical (unpaired) electrons. The van der Waals surface area contributed by atoms with E-state index < -0.39 is 6.36 Å². The molecule has 31 heavy (non-hydrogen) atoms. The van der Waals surface area contributed by atoms with Crippen molar-refractivity contribution in [3.05, 3.63) is 72.3 Å². The minimum Gasteiger partial charge on any atom is -0.406 e. The molecule has 0 saturated carbocycles.